The Morgan fingerprint density at radius 1 is 0.881 bits per heavy atom. The van der Waals surface area contributed by atoms with Gasteiger partial charge in [-0.15, -0.1) is 0 Å². The Balaban J connectivity index is 1.24. The molecule has 0 radical (unpaired) electrons. The number of piperazine rings is 1. The van der Waals surface area contributed by atoms with E-state index in [-0.39, 0.29) is 23.3 Å². The van der Waals surface area contributed by atoms with Crippen molar-refractivity contribution in [3.05, 3.63) is 59.2 Å². The SMILES string of the molecule is Cc1ncnc(C)c1C(=O)N1CCC(C)(N2CCN([C@H](c3ccccc3)C3CCN(C(=O)C(C)C)CC3)[C@@H](C)C2)CC1. The second-order valence-electron chi connectivity index (χ2n) is 13.4. The number of hydrogen-bond acceptors (Lipinski definition) is 6. The lowest BCUT2D eigenvalue weighted by molar-refractivity contribution is -0.136. The number of aryl methyl sites for hydroxylation is 2. The molecule has 42 heavy (non-hydrogen) atoms. The molecule has 3 aliphatic heterocycles. The summed E-state index contributed by atoms with van der Waals surface area (Å²) in [7, 11) is 0. The maximum absolute atomic E-state index is 13.4. The minimum atomic E-state index is 0.0616. The zero-order valence-electron chi connectivity index (χ0n) is 26.6. The van der Waals surface area contributed by atoms with E-state index in [1.54, 1.807) is 0 Å². The van der Waals surface area contributed by atoms with Crippen LogP contribution < -0.4 is 0 Å². The fourth-order valence-corrected chi connectivity index (χ4v) is 7.63. The van der Waals surface area contributed by atoms with Crippen molar-refractivity contribution >= 4 is 11.8 Å². The molecule has 0 unspecified atom stereocenters. The Morgan fingerprint density at radius 2 is 1.50 bits per heavy atom. The number of rotatable bonds is 6. The van der Waals surface area contributed by atoms with Gasteiger partial charge in [0.05, 0.1) is 17.0 Å². The van der Waals surface area contributed by atoms with E-state index in [1.165, 1.54) is 11.9 Å². The van der Waals surface area contributed by atoms with Gasteiger partial charge in [0.25, 0.3) is 5.91 Å². The van der Waals surface area contributed by atoms with E-state index < -0.39 is 0 Å². The Morgan fingerprint density at radius 3 is 2.07 bits per heavy atom. The van der Waals surface area contributed by atoms with Crippen molar-refractivity contribution in [3.8, 4) is 0 Å². The van der Waals surface area contributed by atoms with Crippen LogP contribution in [-0.2, 0) is 4.79 Å². The van der Waals surface area contributed by atoms with E-state index in [0.29, 0.717) is 23.6 Å². The summed E-state index contributed by atoms with van der Waals surface area (Å²) >= 11 is 0. The number of likely N-dealkylation sites (tertiary alicyclic amines) is 2. The largest absolute Gasteiger partial charge is 0.342 e. The first-order chi connectivity index (χ1) is 20.1. The molecular formula is C34H50N6O2. The normalized spacial score (nSPS) is 23.3. The highest BCUT2D eigenvalue weighted by atomic mass is 16.2. The zero-order chi connectivity index (χ0) is 30.0. The summed E-state index contributed by atoms with van der Waals surface area (Å²) in [5.41, 5.74) is 3.67. The van der Waals surface area contributed by atoms with Crippen molar-refractivity contribution in [3.63, 3.8) is 0 Å². The summed E-state index contributed by atoms with van der Waals surface area (Å²) in [6.07, 6.45) is 5.59. The van der Waals surface area contributed by atoms with Gasteiger partial charge in [-0.1, -0.05) is 44.2 Å². The predicted molar refractivity (Wildman–Crippen MR) is 166 cm³/mol. The van der Waals surface area contributed by atoms with Crippen LogP contribution in [0.1, 0.15) is 86.7 Å². The van der Waals surface area contributed by atoms with E-state index in [2.05, 4.69) is 68.8 Å². The average molecular weight is 575 g/mol. The summed E-state index contributed by atoms with van der Waals surface area (Å²) in [4.78, 5) is 44.1. The molecule has 0 saturated carbocycles. The van der Waals surface area contributed by atoms with Gasteiger partial charge in [0, 0.05) is 69.4 Å². The van der Waals surface area contributed by atoms with E-state index in [4.69, 9.17) is 0 Å². The predicted octanol–water partition coefficient (Wildman–Crippen LogP) is 4.73. The summed E-state index contributed by atoms with van der Waals surface area (Å²) in [5, 5.41) is 0. The van der Waals surface area contributed by atoms with Gasteiger partial charge in [-0.05, 0) is 64.9 Å². The highest BCUT2D eigenvalue weighted by molar-refractivity contribution is 5.96. The van der Waals surface area contributed by atoms with Crippen molar-refractivity contribution in [2.24, 2.45) is 11.8 Å². The van der Waals surface area contributed by atoms with Gasteiger partial charge in [-0.3, -0.25) is 19.4 Å². The molecule has 0 aliphatic carbocycles. The Bertz CT molecular complexity index is 1210. The van der Waals surface area contributed by atoms with E-state index in [0.717, 1.165) is 82.9 Å². The molecule has 4 heterocycles. The molecule has 3 aliphatic rings. The lowest BCUT2D eigenvalue weighted by Gasteiger charge is -2.54. The first-order valence-corrected chi connectivity index (χ1v) is 16.0. The van der Waals surface area contributed by atoms with Crippen LogP contribution in [0, 0.1) is 25.7 Å². The van der Waals surface area contributed by atoms with Crippen LogP contribution in [0.5, 0.6) is 0 Å². The topological polar surface area (TPSA) is 72.9 Å². The van der Waals surface area contributed by atoms with Gasteiger partial charge in [0.1, 0.15) is 6.33 Å². The lowest BCUT2D eigenvalue weighted by atomic mass is 9.82. The van der Waals surface area contributed by atoms with Gasteiger partial charge in [0.2, 0.25) is 5.91 Å². The average Bonchev–Trinajstić information content (AvgIpc) is 2.99. The maximum Gasteiger partial charge on any atom is 0.257 e. The molecule has 0 bridgehead atoms. The van der Waals surface area contributed by atoms with Gasteiger partial charge in [0.15, 0.2) is 0 Å². The molecule has 8 heteroatoms. The molecule has 0 spiro atoms. The van der Waals surface area contributed by atoms with Crippen LogP contribution in [0.3, 0.4) is 0 Å². The number of carbonyl (C=O) groups excluding carboxylic acids is 2. The molecule has 2 amide bonds. The smallest absolute Gasteiger partial charge is 0.257 e. The Labute approximate surface area is 252 Å². The first kappa shape index (κ1) is 30.6. The van der Waals surface area contributed by atoms with Gasteiger partial charge in [-0.2, -0.15) is 0 Å². The molecule has 1 aromatic heterocycles. The number of amides is 2. The number of hydrogen-bond donors (Lipinski definition) is 0. The van der Waals surface area contributed by atoms with Crippen molar-refractivity contribution in [1.82, 2.24) is 29.6 Å². The summed E-state index contributed by atoms with van der Waals surface area (Å²) in [6, 6.07) is 11.8. The third kappa shape index (κ3) is 6.25. The van der Waals surface area contributed by atoms with Crippen molar-refractivity contribution in [2.75, 3.05) is 45.8 Å². The van der Waals surface area contributed by atoms with Crippen LogP contribution in [0.4, 0.5) is 0 Å². The van der Waals surface area contributed by atoms with Gasteiger partial charge in [-0.25, -0.2) is 9.97 Å². The van der Waals surface area contributed by atoms with Gasteiger partial charge < -0.3 is 9.80 Å². The molecule has 3 saturated heterocycles. The van der Waals surface area contributed by atoms with Crippen LogP contribution in [0.2, 0.25) is 0 Å². The second-order valence-corrected chi connectivity index (χ2v) is 13.4. The molecule has 0 N–H and O–H groups in total. The zero-order valence-corrected chi connectivity index (χ0v) is 26.6. The Hall–Kier alpha value is -2.84. The van der Waals surface area contributed by atoms with Crippen molar-refractivity contribution < 1.29 is 9.59 Å². The fourth-order valence-electron chi connectivity index (χ4n) is 7.63. The lowest BCUT2D eigenvalue weighted by Crippen LogP contribution is -2.63. The van der Waals surface area contributed by atoms with E-state index >= 15 is 0 Å². The maximum atomic E-state index is 13.4. The first-order valence-electron chi connectivity index (χ1n) is 16.0. The second kappa shape index (κ2) is 12.8. The third-order valence-corrected chi connectivity index (χ3v) is 10.3. The van der Waals surface area contributed by atoms with E-state index in [1.807, 2.05) is 32.6 Å². The van der Waals surface area contributed by atoms with Crippen LogP contribution in [-0.4, -0.2) is 98.8 Å². The molecule has 228 valence electrons. The summed E-state index contributed by atoms with van der Waals surface area (Å²) in [6.45, 7) is 18.9. The number of aromatic nitrogens is 2. The van der Waals surface area contributed by atoms with E-state index in [9.17, 15) is 9.59 Å². The molecule has 3 fully saturated rings. The molecule has 5 rings (SSSR count). The minimum absolute atomic E-state index is 0.0616. The Kier molecular flexibility index (Phi) is 9.33. The molecule has 1 aromatic carbocycles. The monoisotopic (exact) mass is 574 g/mol. The number of benzene rings is 1. The van der Waals surface area contributed by atoms with Crippen LogP contribution in [0.15, 0.2) is 36.7 Å². The fraction of sp³-hybridized carbons (Fsp3) is 0.647. The molecule has 2 atom stereocenters. The standard InChI is InChI=1S/C34H50N6O2/c1-24(2)32(41)37-16-12-29(13-17-37)31(28-10-8-7-9-11-28)40-21-20-39(22-25(40)3)34(6)14-18-38(19-15-34)33(42)30-26(4)35-23-36-27(30)5/h7-11,23-25,29,31H,12-22H2,1-6H3/t25-,31+/m0/s1. The molecule has 2 aromatic rings. The number of piperidine rings is 2. The minimum Gasteiger partial charge on any atom is -0.342 e. The summed E-state index contributed by atoms with van der Waals surface area (Å²) < 4.78 is 0. The molecular weight excluding hydrogens is 524 g/mol. The number of nitrogens with zero attached hydrogens (tertiary/aromatic N) is 6. The third-order valence-electron chi connectivity index (χ3n) is 10.3. The van der Waals surface area contributed by atoms with Crippen LogP contribution in [0.25, 0.3) is 0 Å². The van der Waals surface area contributed by atoms with Crippen molar-refractivity contribution in [2.45, 2.75) is 84.8 Å². The summed E-state index contributed by atoms with van der Waals surface area (Å²) in [5.74, 6) is 0.954. The molecule has 8 nitrogen and oxygen atoms in total. The highest BCUT2D eigenvalue weighted by Gasteiger charge is 2.43. The van der Waals surface area contributed by atoms with Crippen molar-refractivity contribution in [1.29, 1.82) is 0 Å². The van der Waals surface area contributed by atoms with Crippen LogP contribution >= 0.6 is 0 Å². The van der Waals surface area contributed by atoms with Gasteiger partial charge >= 0.3 is 0 Å². The number of carbonyl (C=O) groups is 2. The highest BCUT2D eigenvalue weighted by Crippen LogP contribution is 2.40. The quantitative estimate of drug-likeness (QED) is 0.497.